The number of anilines is 2. The van der Waals surface area contributed by atoms with E-state index in [-0.39, 0.29) is 23.5 Å². The molecule has 0 aliphatic carbocycles. The molecule has 0 bridgehead atoms. The Morgan fingerprint density at radius 3 is 2.60 bits per heavy atom. The molecule has 9 heteroatoms. The molecule has 40 heavy (non-hydrogen) atoms. The van der Waals surface area contributed by atoms with E-state index in [9.17, 15) is 14.4 Å². The maximum absolute atomic E-state index is 13.1. The maximum atomic E-state index is 13.1. The smallest absolute Gasteiger partial charge is 0.291 e. The first-order valence-corrected chi connectivity index (χ1v) is 13.9. The molecule has 5 rings (SSSR count). The summed E-state index contributed by atoms with van der Waals surface area (Å²) in [4.78, 5) is 46.1. The monoisotopic (exact) mass is 540 g/mol. The Bertz CT molecular complexity index is 1440. The zero-order chi connectivity index (χ0) is 28.1. The maximum Gasteiger partial charge on any atom is 0.291 e. The summed E-state index contributed by atoms with van der Waals surface area (Å²) in [5.41, 5.74) is 5.73. The van der Waals surface area contributed by atoms with Crippen molar-refractivity contribution in [3.8, 4) is 0 Å². The standard InChI is InChI=1S/C31H36N6O3/c1-22-7-3-4-8-25(22)23-12-18-36(19-13-23)27-11-10-24(21-26(27)34-31(40)29-32-15-20-35(29)2)30(39)33-14-6-17-37-16-5-9-28(37)38/h3-4,7-8,10-12,15,20-21H,5-6,9,13-14,16-19H2,1-2H3,(H,33,39)(H,34,40). The normalized spacial score (nSPS) is 15.2. The molecular weight excluding hydrogens is 504 g/mol. The van der Waals surface area contributed by atoms with Crippen LogP contribution in [0, 0.1) is 6.92 Å². The fraction of sp³-hybridized carbons (Fsp3) is 0.355. The predicted molar refractivity (Wildman–Crippen MR) is 156 cm³/mol. The number of nitrogens with one attached hydrogen (secondary N) is 2. The van der Waals surface area contributed by atoms with Gasteiger partial charge in [0, 0.05) is 64.1 Å². The summed E-state index contributed by atoms with van der Waals surface area (Å²) in [6, 6.07) is 13.8. The lowest BCUT2D eigenvalue weighted by molar-refractivity contribution is -0.127. The number of nitrogens with zero attached hydrogens (tertiary/aromatic N) is 4. The van der Waals surface area contributed by atoms with E-state index in [2.05, 4.69) is 57.8 Å². The van der Waals surface area contributed by atoms with Crippen molar-refractivity contribution in [3.05, 3.63) is 83.4 Å². The Morgan fingerprint density at radius 2 is 1.90 bits per heavy atom. The molecule has 0 atom stereocenters. The van der Waals surface area contributed by atoms with Gasteiger partial charge in [-0.15, -0.1) is 0 Å². The van der Waals surface area contributed by atoms with Gasteiger partial charge in [-0.2, -0.15) is 0 Å². The van der Waals surface area contributed by atoms with Gasteiger partial charge in [0.2, 0.25) is 5.91 Å². The highest BCUT2D eigenvalue weighted by molar-refractivity contribution is 6.05. The van der Waals surface area contributed by atoms with Gasteiger partial charge < -0.3 is 25.0 Å². The van der Waals surface area contributed by atoms with Crippen LogP contribution in [-0.2, 0) is 11.8 Å². The SMILES string of the molecule is Cc1ccccc1C1=CCN(c2ccc(C(=O)NCCCN3CCCC3=O)cc2NC(=O)c2nccn2C)CC1. The third-order valence-corrected chi connectivity index (χ3v) is 7.63. The minimum Gasteiger partial charge on any atom is -0.366 e. The molecular formula is C31H36N6O3. The molecule has 2 N–H and O–H groups in total. The second-order valence-corrected chi connectivity index (χ2v) is 10.4. The highest BCUT2D eigenvalue weighted by Gasteiger charge is 2.22. The Balaban J connectivity index is 1.31. The topological polar surface area (TPSA) is 99.6 Å². The molecule has 0 radical (unpaired) electrons. The van der Waals surface area contributed by atoms with Crippen LogP contribution in [0.2, 0.25) is 0 Å². The van der Waals surface area contributed by atoms with Crippen LogP contribution in [0.1, 0.15) is 57.8 Å². The van der Waals surface area contributed by atoms with Crippen molar-refractivity contribution in [3.63, 3.8) is 0 Å². The summed E-state index contributed by atoms with van der Waals surface area (Å²) in [6.45, 7) is 5.52. The average Bonchev–Trinajstić information content (AvgIpc) is 3.58. The molecule has 2 aromatic carbocycles. The first-order chi connectivity index (χ1) is 19.4. The Morgan fingerprint density at radius 1 is 1.05 bits per heavy atom. The highest BCUT2D eigenvalue weighted by Crippen LogP contribution is 2.32. The van der Waals surface area contributed by atoms with Crippen LogP contribution >= 0.6 is 0 Å². The number of likely N-dealkylation sites (tertiary alicyclic amines) is 1. The van der Waals surface area contributed by atoms with E-state index >= 15 is 0 Å². The Kier molecular flexibility index (Phi) is 8.28. The second-order valence-electron chi connectivity index (χ2n) is 10.4. The Hall–Kier alpha value is -4.40. The fourth-order valence-electron chi connectivity index (χ4n) is 5.40. The minimum atomic E-state index is -0.338. The fourth-order valence-corrected chi connectivity index (χ4v) is 5.40. The van der Waals surface area contributed by atoms with Crippen LogP contribution in [0.5, 0.6) is 0 Å². The summed E-state index contributed by atoms with van der Waals surface area (Å²) < 4.78 is 1.66. The number of aryl methyl sites for hydroxylation is 2. The third-order valence-electron chi connectivity index (χ3n) is 7.63. The van der Waals surface area contributed by atoms with Gasteiger partial charge in [0.15, 0.2) is 5.82 Å². The summed E-state index contributed by atoms with van der Waals surface area (Å²) in [7, 11) is 1.77. The molecule has 2 aliphatic heterocycles. The lowest BCUT2D eigenvalue weighted by atomic mass is 9.95. The van der Waals surface area contributed by atoms with E-state index in [0.717, 1.165) is 31.6 Å². The average molecular weight is 541 g/mol. The number of rotatable bonds is 9. The van der Waals surface area contributed by atoms with Crippen LogP contribution in [0.3, 0.4) is 0 Å². The van der Waals surface area contributed by atoms with Gasteiger partial charge in [0.25, 0.3) is 11.8 Å². The van der Waals surface area contributed by atoms with Gasteiger partial charge in [-0.05, 0) is 61.1 Å². The van der Waals surface area contributed by atoms with Crippen LogP contribution in [-0.4, -0.2) is 64.9 Å². The van der Waals surface area contributed by atoms with Crippen molar-refractivity contribution in [2.24, 2.45) is 7.05 Å². The molecule has 0 saturated carbocycles. The van der Waals surface area contributed by atoms with Crippen molar-refractivity contribution in [2.45, 2.75) is 32.6 Å². The van der Waals surface area contributed by atoms with Gasteiger partial charge in [0.1, 0.15) is 0 Å². The zero-order valence-electron chi connectivity index (χ0n) is 23.2. The molecule has 3 amide bonds. The predicted octanol–water partition coefficient (Wildman–Crippen LogP) is 4.02. The van der Waals surface area contributed by atoms with E-state index in [1.165, 1.54) is 16.7 Å². The van der Waals surface area contributed by atoms with Gasteiger partial charge in [-0.1, -0.05) is 30.3 Å². The van der Waals surface area contributed by atoms with Crippen LogP contribution in [0.15, 0.2) is 60.9 Å². The first kappa shape index (κ1) is 27.2. The number of imidazole rings is 1. The number of hydrogen-bond acceptors (Lipinski definition) is 5. The number of amides is 3. The van der Waals surface area contributed by atoms with E-state index in [1.807, 2.05) is 11.0 Å². The quantitative estimate of drug-likeness (QED) is 0.400. The number of benzene rings is 2. The zero-order valence-corrected chi connectivity index (χ0v) is 23.2. The number of hydrogen-bond donors (Lipinski definition) is 2. The van der Waals surface area contributed by atoms with Gasteiger partial charge in [0.05, 0.1) is 11.4 Å². The number of carbonyl (C=O) groups is 3. The summed E-state index contributed by atoms with van der Waals surface area (Å²) in [5, 5.41) is 5.95. The Labute approximate surface area is 234 Å². The molecule has 1 fully saturated rings. The summed E-state index contributed by atoms with van der Waals surface area (Å²) in [6.07, 6.45) is 8.63. The second kappa shape index (κ2) is 12.2. The lowest BCUT2D eigenvalue weighted by Gasteiger charge is -2.31. The first-order valence-electron chi connectivity index (χ1n) is 13.9. The van der Waals surface area contributed by atoms with Gasteiger partial charge >= 0.3 is 0 Å². The van der Waals surface area contributed by atoms with Crippen LogP contribution < -0.4 is 15.5 Å². The van der Waals surface area contributed by atoms with Crippen LogP contribution in [0.25, 0.3) is 5.57 Å². The van der Waals surface area contributed by atoms with E-state index in [0.29, 0.717) is 43.7 Å². The van der Waals surface area contributed by atoms with E-state index < -0.39 is 0 Å². The molecule has 2 aliphatic rings. The lowest BCUT2D eigenvalue weighted by Crippen LogP contribution is -2.31. The molecule has 1 aromatic heterocycles. The van der Waals surface area contributed by atoms with Crippen molar-refractivity contribution >= 4 is 34.7 Å². The highest BCUT2D eigenvalue weighted by atomic mass is 16.2. The molecule has 3 heterocycles. The van der Waals surface area contributed by atoms with Crippen molar-refractivity contribution in [1.29, 1.82) is 0 Å². The van der Waals surface area contributed by atoms with Gasteiger partial charge in [-0.3, -0.25) is 14.4 Å². The van der Waals surface area contributed by atoms with Crippen molar-refractivity contribution < 1.29 is 14.4 Å². The molecule has 3 aromatic rings. The molecule has 0 spiro atoms. The molecule has 1 saturated heterocycles. The van der Waals surface area contributed by atoms with Gasteiger partial charge in [-0.25, -0.2) is 4.98 Å². The number of aromatic nitrogens is 2. The minimum absolute atomic E-state index is 0.189. The van der Waals surface area contributed by atoms with Crippen LogP contribution in [0.4, 0.5) is 11.4 Å². The van der Waals surface area contributed by atoms with E-state index in [4.69, 9.17) is 0 Å². The number of carbonyl (C=O) groups excluding carboxylic acids is 3. The molecule has 9 nitrogen and oxygen atoms in total. The molecule has 208 valence electrons. The van der Waals surface area contributed by atoms with Crippen molar-refractivity contribution in [2.75, 3.05) is 42.9 Å². The summed E-state index contributed by atoms with van der Waals surface area (Å²) in [5.74, 6) is -0.0758. The van der Waals surface area contributed by atoms with Crippen molar-refractivity contribution in [1.82, 2.24) is 19.8 Å². The molecule has 0 unspecified atom stereocenters. The van der Waals surface area contributed by atoms with E-state index in [1.54, 1.807) is 36.1 Å². The largest absolute Gasteiger partial charge is 0.366 e. The summed E-state index contributed by atoms with van der Waals surface area (Å²) >= 11 is 0. The third kappa shape index (κ3) is 6.09.